The molecule has 1 atom stereocenters. The molecule has 0 spiro atoms. The molecule has 0 radical (unpaired) electrons. The fraction of sp³-hybridized carbons (Fsp3) is 0.385. The Morgan fingerprint density at radius 2 is 2.20 bits per heavy atom. The normalized spacial score (nSPS) is 17.5. The van der Waals surface area contributed by atoms with E-state index in [1.807, 2.05) is 32.0 Å². The molecule has 0 aromatic heterocycles. The minimum absolute atomic E-state index is 0.0408. The molecule has 1 unspecified atom stereocenters. The van der Waals surface area contributed by atoms with Crippen molar-refractivity contribution >= 4 is 29.4 Å². The van der Waals surface area contributed by atoms with Crippen LogP contribution in [-0.2, 0) is 4.79 Å². The highest BCUT2D eigenvalue weighted by atomic mass is 32.2. The van der Waals surface area contributed by atoms with E-state index in [-0.39, 0.29) is 18.1 Å². The van der Waals surface area contributed by atoms with Crippen LogP contribution in [0.5, 0.6) is 0 Å². The van der Waals surface area contributed by atoms with Gasteiger partial charge in [-0.3, -0.25) is 10.2 Å². The Morgan fingerprint density at radius 3 is 2.90 bits per heavy atom. The van der Waals surface area contributed by atoms with Gasteiger partial charge in [0.05, 0.1) is 5.75 Å². The van der Waals surface area contributed by atoms with Crippen LogP contribution in [-0.4, -0.2) is 29.6 Å². The van der Waals surface area contributed by atoms with E-state index in [0.717, 1.165) is 16.8 Å². The van der Waals surface area contributed by atoms with Gasteiger partial charge in [-0.2, -0.15) is 0 Å². The van der Waals surface area contributed by atoms with Gasteiger partial charge in [0, 0.05) is 11.4 Å². The van der Waals surface area contributed by atoms with Gasteiger partial charge in [0.2, 0.25) is 5.91 Å². The minimum atomic E-state index is -0.240. The lowest BCUT2D eigenvalue weighted by Crippen LogP contribution is -2.36. The van der Waals surface area contributed by atoms with Crippen molar-refractivity contribution in [2.75, 3.05) is 16.8 Å². The Bertz CT molecular complexity index is 521. The maximum Gasteiger partial charge on any atom is 0.330 e. The van der Waals surface area contributed by atoms with Crippen molar-refractivity contribution in [2.24, 2.45) is 0 Å². The average molecular weight is 294 g/mol. The van der Waals surface area contributed by atoms with Gasteiger partial charge in [0.15, 0.2) is 0 Å². The molecule has 108 valence electrons. The van der Waals surface area contributed by atoms with Gasteiger partial charge in [0.25, 0.3) is 0 Å². The summed E-state index contributed by atoms with van der Waals surface area (Å²) in [5.74, 6) is 0.932. The average Bonchev–Trinajstić information content (AvgIpc) is 2.81. The third-order valence-corrected chi connectivity index (χ3v) is 4.10. The minimum Gasteiger partial charge on any atom is -0.325 e. The van der Waals surface area contributed by atoms with E-state index in [9.17, 15) is 9.59 Å². The van der Waals surface area contributed by atoms with E-state index in [1.165, 1.54) is 11.8 Å². The lowest BCUT2D eigenvalue weighted by molar-refractivity contribution is -0.113. The molecule has 1 heterocycles. The number of anilines is 1. The highest BCUT2D eigenvalue weighted by molar-refractivity contribution is 8.00. The Labute approximate surface area is 122 Å². The first kappa shape index (κ1) is 14.7. The molecule has 4 N–H and O–H groups in total. The maximum absolute atomic E-state index is 11.9. The van der Waals surface area contributed by atoms with Crippen LogP contribution in [0.3, 0.4) is 0 Å². The summed E-state index contributed by atoms with van der Waals surface area (Å²) in [4.78, 5) is 22.7. The molecule has 1 fully saturated rings. The molecule has 0 aliphatic carbocycles. The molecule has 7 heteroatoms. The number of carbonyl (C=O) groups is 2. The van der Waals surface area contributed by atoms with Gasteiger partial charge in [-0.25, -0.2) is 10.2 Å². The number of hydrazine groups is 1. The van der Waals surface area contributed by atoms with Crippen LogP contribution in [0.15, 0.2) is 18.2 Å². The molecule has 1 aromatic carbocycles. The molecule has 1 saturated heterocycles. The SMILES string of the molecule is Cc1cccc(NC(=O)CSCC2NNC(=O)N2)c1C. The topological polar surface area (TPSA) is 82.3 Å². The van der Waals surface area contributed by atoms with Gasteiger partial charge in [0.1, 0.15) is 6.17 Å². The standard InChI is InChI=1S/C13H18N4O2S/c1-8-4-3-5-10(9(8)2)14-12(18)7-20-6-11-15-13(19)17-16-11/h3-5,11,16H,6-7H2,1-2H3,(H,14,18)(H2,15,17,19). The lowest BCUT2D eigenvalue weighted by atomic mass is 10.1. The molecule has 0 bridgehead atoms. The number of nitrogens with one attached hydrogen (secondary N) is 4. The Kier molecular flexibility index (Phi) is 4.86. The third kappa shape index (κ3) is 3.88. The van der Waals surface area contributed by atoms with Crippen LogP contribution in [0.4, 0.5) is 10.5 Å². The first-order valence-corrected chi connectivity index (χ1v) is 7.47. The summed E-state index contributed by atoms with van der Waals surface area (Å²) in [5.41, 5.74) is 8.32. The number of urea groups is 1. The van der Waals surface area contributed by atoms with Gasteiger partial charge < -0.3 is 10.6 Å². The molecule has 3 amide bonds. The summed E-state index contributed by atoms with van der Waals surface area (Å²) in [7, 11) is 0. The molecule has 1 aliphatic rings. The Morgan fingerprint density at radius 1 is 1.40 bits per heavy atom. The zero-order valence-corrected chi connectivity index (χ0v) is 12.3. The molecular formula is C13H18N4O2S. The fourth-order valence-corrected chi connectivity index (χ4v) is 2.59. The van der Waals surface area contributed by atoms with Crippen LogP contribution in [0.1, 0.15) is 11.1 Å². The van der Waals surface area contributed by atoms with Gasteiger partial charge in [-0.15, -0.1) is 11.8 Å². The summed E-state index contributed by atoms with van der Waals surface area (Å²) >= 11 is 1.46. The largest absolute Gasteiger partial charge is 0.330 e. The number of rotatable bonds is 5. The quantitative estimate of drug-likeness (QED) is 0.656. The van der Waals surface area contributed by atoms with Crippen molar-refractivity contribution < 1.29 is 9.59 Å². The molecule has 0 saturated carbocycles. The maximum atomic E-state index is 11.9. The van der Waals surface area contributed by atoms with Crippen LogP contribution < -0.4 is 21.5 Å². The molecule has 20 heavy (non-hydrogen) atoms. The van der Waals surface area contributed by atoms with Gasteiger partial charge >= 0.3 is 6.03 Å². The zero-order chi connectivity index (χ0) is 14.5. The molecule has 1 aliphatic heterocycles. The second-order valence-electron chi connectivity index (χ2n) is 4.61. The van der Waals surface area contributed by atoms with Crippen LogP contribution in [0.25, 0.3) is 0 Å². The zero-order valence-electron chi connectivity index (χ0n) is 11.4. The van der Waals surface area contributed by atoms with E-state index in [4.69, 9.17) is 0 Å². The fourth-order valence-electron chi connectivity index (χ4n) is 1.81. The van der Waals surface area contributed by atoms with Crippen molar-refractivity contribution in [1.29, 1.82) is 0 Å². The summed E-state index contributed by atoms with van der Waals surface area (Å²) in [6.07, 6.45) is -0.138. The Balaban J connectivity index is 1.75. The molecule has 2 rings (SSSR count). The summed E-state index contributed by atoms with van der Waals surface area (Å²) in [6.45, 7) is 4.00. The highest BCUT2D eigenvalue weighted by Gasteiger charge is 2.19. The first-order chi connectivity index (χ1) is 9.56. The van der Waals surface area contributed by atoms with E-state index in [1.54, 1.807) is 0 Å². The van der Waals surface area contributed by atoms with Crippen LogP contribution >= 0.6 is 11.8 Å². The van der Waals surface area contributed by atoms with E-state index in [0.29, 0.717) is 11.5 Å². The van der Waals surface area contributed by atoms with Gasteiger partial charge in [-0.05, 0) is 31.0 Å². The summed E-state index contributed by atoms with van der Waals surface area (Å²) in [5, 5.41) is 5.58. The van der Waals surface area contributed by atoms with Crippen molar-refractivity contribution in [3.63, 3.8) is 0 Å². The predicted octanol–water partition coefficient (Wildman–Crippen LogP) is 1.12. The summed E-state index contributed by atoms with van der Waals surface area (Å²) < 4.78 is 0. The third-order valence-electron chi connectivity index (χ3n) is 3.06. The number of carbonyl (C=O) groups excluding carboxylic acids is 2. The predicted molar refractivity (Wildman–Crippen MR) is 80.5 cm³/mol. The smallest absolute Gasteiger partial charge is 0.325 e. The number of hydrogen-bond acceptors (Lipinski definition) is 4. The first-order valence-electron chi connectivity index (χ1n) is 6.32. The van der Waals surface area contributed by atoms with Gasteiger partial charge in [-0.1, -0.05) is 12.1 Å². The van der Waals surface area contributed by atoms with E-state index >= 15 is 0 Å². The number of thioether (sulfide) groups is 1. The number of aryl methyl sites for hydroxylation is 1. The number of amides is 3. The van der Waals surface area contributed by atoms with Crippen LogP contribution in [0.2, 0.25) is 0 Å². The molecular weight excluding hydrogens is 276 g/mol. The van der Waals surface area contributed by atoms with Crippen molar-refractivity contribution in [1.82, 2.24) is 16.2 Å². The van der Waals surface area contributed by atoms with E-state index < -0.39 is 0 Å². The second-order valence-corrected chi connectivity index (χ2v) is 5.64. The second kappa shape index (κ2) is 6.62. The Hall–Kier alpha value is -1.73. The summed E-state index contributed by atoms with van der Waals surface area (Å²) in [6, 6.07) is 5.60. The number of benzene rings is 1. The number of hydrogen-bond donors (Lipinski definition) is 4. The van der Waals surface area contributed by atoms with Crippen molar-refractivity contribution in [3.05, 3.63) is 29.3 Å². The highest BCUT2D eigenvalue weighted by Crippen LogP contribution is 2.18. The monoisotopic (exact) mass is 294 g/mol. The molecule has 1 aromatic rings. The van der Waals surface area contributed by atoms with Crippen LogP contribution in [0, 0.1) is 13.8 Å². The van der Waals surface area contributed by atoms with Crippen molar-refractivity contribution in [2.45, 2.75) is 20.0 Å². The molecule has 6 nitrogen and oxygen atoms in total. The lowest BCUT2D eigenvalue weighted by Gasteiger charge is -2.11. The van der Waals surface area contributed by atoms with E-state index in [2.05, 4.69) is 21.5 Å². The van der Waals surface area contributed by atoms with Crippen molar-refractivity contribution in [3.8, 4) is 0 Å².